The average molecular weight is 238 g/mol. The maximum atomic E-state index is 5.85. The van der Waals surface area contributed by atoms with Crippen LogP contribution in [0.4, 0.5) is 5.69 Å². The van der Waals surface area contributed by atoms with Crippen molar-refractivity contribution in [2.24, 2.45) is 5.92 Å². The Morgan fingerprint density at radius 2 is 1.94 bits per heavy atom. The van der Waals surface area contributed by atoms with Crippen molar-refractivity contribution in [2.45, 2.75) is 32.7 Å². The van der Waals surface area contributed by atoms with Gasteiger partial charge in [-0.25, -0.2) is 5.32 Å². The van der Waals surface area contributed by atoms with E-state index < -0.39 is 0 Å². The van der Waals surface area contributed by atoms with Crippen LogP contribution in [0.3, 0.4) is 0 Å². The van der Waals surface area contributed by atoms with Gasteiger partial charge in [-0.2, -0.15) is 0 Å². The van der Waals surface area contributed by atoms with E-state index in [2.05, 4.69) is 31.1 Å². The van der Waals surface area contributed by atoms with Gasteiger partial charge in [0.15, 0.2) is 0 Å². The predicted octanol–water partition coefficient (Wildman–Crippen LogP) is 2.05. The summed E-state index contributed by atoms with van der Waals surface area (Å²) < 4.78 is 0. The summed E-state index contributed by atoms with van der Waals surface area (Å²) in [6.07, 6.45) is 1.07. The maximum Gasteiger partial charge on any atom is 0.248 e. The number of rotatable bonds is 1. The first-order valence-corrected chi connectivity index (χ1v) is 6.02. The van der Waals surface area contributed by atoms with E-state index in [-0.39, 0.29) is 5.54 Å². The van der Waals surface area contributed by atoms with Gasteiger partial charge in [0.05, 0.1) is 6.42 Å². The fourth-order valence-corrected chi connectivity index (χ4v) is 2.04. The highest BCUT2D eigenvalue weighted by Crippen LogP contribution is 2.20. The SMILES string of the molecule is C[C@H]1CC(Nc2ccc(Cl)cc2)=[NH+]C1(C)C. The maximum absolute atomic E-state index is 5.85. The Bertz CT molecular complexity index is 406. The molecule has 1 aromatic rings. The summed E-state index contributed by atoms with van der Waals surface area (Å²) >= 11 is 5.85. The van der Waals surface area contributed by atoms with Gasteiger partial charge in [0.2, 0.25) is 5.84 Å². The van der Waals surface area contributed by atoms with E-state index in [0.717, 1.165) is 17.1 Å². The molecule has 0 radical (unpaired) electrons. The van der Waals surface area contributed by atoms with Crippen LogP contribution in [0, 0.1) is 5.92 Å². The number of benzene rings is 1. The number of halogens is 1. The van der Waals surface area contributed by atoms with Crippen molar-refractivity contribution in [1.82, 2.24) is 0 Å². The molecule has 0 aliphatic carbocycles. The highest BCUT2D eigenvalue weighted by atomic mass is 35.5. The summed E-state index contributed by atoms with van der Waals surface area (Å²) in [5.74, 6) is 1.84. The lowest BCUT2D eigenvalue weighted by atomic mass is 9.90. The van der Waals surface area contributed by atoms with Crippen molar-refractivity contribution in [2.75, 3.05) is 5.32 Å². The molecule has 1 aliphatic heterocycles. The van der Waals surface area contributed by atoms with Crippen LogP contribution in [0.2, 0.25) is 5.02 Å². The molecule has 1 atom stereocenters. The van der Waals surface area contributed by atoms with E-state index in [1.54, 1.807) is 0 Å². The third-order valence-corrected chi connectivity index (χ3v) is 3.61. The van der Waals surface area contributed by atoms with Crippen LogP contribution in [0.5, 0.6) is 0 Å². The normalized spacial score (nSPS) is 23.0. The Kier molecular flexibility index (Phi) is 2.94. The van der Waals surface area contributed by atoms with Gasteiger partial charge in [-0.1, -0.05) is 18.5 Å². The Morgan fingerprint density at radius 3 is 2.44 bits per heavy atom. The summed E-state index contributed by atoms with van der Waals surface area (Å²) in [5, 5.41) is 4.17. The van der Waals surface area contributed by atoms with E-state index in [1.165, 1.54) is 5.84 Å². The fraction of sp³-hybridized carbons (Fsp3) is 0.462. The van der Waals surface area contributed by atoms with Crippen molar-refractivity contribution >= 4 is 23.1 Å². The Labute approximate surface area is 102 Å². The van der Waals surface area contributed by atoms with Gasteiger partial charge in [0.1, 0.15) is 11.2 Å². The third kappa shape index (κ3) is 2.38. The zero-order valence-corrected chi connectivity index (χ0v) is 10.7. The van der Waals surface area contributed by atoms with Crippen LogP contribution in [0.15, 0.2) is 24.3 Å². The highest BCUT2D eigenvalue weighted by molar-refractivity contribution is 6.30. The van der Waals surface area contributed by atoms with Crippen molar-refractivity contribution in [3.05, 3.63) is 29.3 Å². The van der Waals surface area contributed by atoms with Crippen LogP contribution >= 0.6 is 11.6 Å². The first kappa shape index (κ1) is 11.5. The lowest BCUT2D eigenvalue weighted by molar-refractivity contribution is -0.542. The molecule has 1 heterocycles. The first-order valence-electron chi connectivity index (χ1n) is 5.64. The fourth-order valence-electron chi connectivity index (χ4n) is 1.91. The molecule has 86 valence electrons. The largest absolute Gasteiger partial charge is 0.273 e. The highest BCUT2D eigenvalue weighted by Gasteiger charge is 2.36. The van der Waals surface area contributed by atoms with Crippen molar-refractivity contribution in [3.8, 4) is 0 Å². The van der Waals surface area contributed by atoms with E-state index in [1.807, 2.05) is 24.3 Å². The third-order valence-electron chi connectivity index (χ3n) is 3.35. The molecule has 0 aromatic heterocycles. The average Bonchev–Trinajstić information content (AvgIpc) is 2.44. The Morgan fingerprint density at radius 1 is 1.31 bits per heavy atom. The topological polar surface area (TPSA) is 26.0 Å². The summed E-state index contributed by atoms with van der Waals surface area (Å²) in [5.41, 5.74) is 1.26. The van der Waals surface area contributed by atoms with E-state index in [0.29, 0.717) is 5.92 Å². The molecule has 0 amide bonds. The lowest BCUT2D eigenvalue weighted by Gasteiger charge is -2.16. The minimum atomic E-state index is 0.175. The quantitative estimate of drug-likeness (QED) is 0.768. The summed E-state index contributed by atoms with van der Waals surface area (Å²) in [7, 11) is 0. The van der Waals surface area contributed by atoms with Gasteiger partial charge in [-0.3, -0.25) is 4.99 Å². The second-order valence-electron chi connectivity index (χ2n) is 5.06. The Hall–Kier alpha value is -1.02. The predicted molar refractivity (Wildman–Crippen MR) is 68.9 cm³/mol. The van der Waals surface area contributed by atoms with E-state index in [4.69, 9.17) is 11.6 Å². The Balaban J connectivity index is 2.09. The molecular formula is C13H18ClN2+. The van der Waals surface area contributed by atoms with Crippen LogP contribution in [0.1, 0.15) is 27.2 Å². The molecule has 0 unspecified atom stereocenters. The molecule has 2 N–H and O–H groups in total. The molecular weight excluding hydrogens is 220 g/mol. The van der Waals surface area contributed by atoms with Crippen LogP contribution in [0.25, 0.3) is 0 Å². The number of amidine groups is 1. The van der Waals surface area contributed by atoms with Gasteiger partial charge in [0, 0.05) is 10.9 Å². The van der Waals surface area contributed by atoms with Crippen molar-refractivity contribution in [3.63, 3.8) is 0 Å². The van der Waals surface area contributed by atoms with Gasteiger partial charge in [-0.05, 0) is 38.1 Å². The zero-order chi connectivity index (χ0) is 11.8. The number of nitrogens with one attached hydrogen (secondary N) is 2. The molecule has 1 aliphatic rings. The first-order chi connectivity index (χ1) is 7.47. The van der Waals surface area contributed by atoms with Crippen molar-refractivity contribution < 1.29 is 4.99 Å². The van der Waals surface area contributed by atoms with Crippen molar-refractivity contribution in [1.29, 1.82) is 0 Å². The summed E-state index contributed by atoms with van der Waals surface area (Å²) in [6, 6.07) is 7.78. The summed E-state index contributed by atoms with van der Waals surface area (Å²) in [6.45, 7) is 6.73. The second-order valence-corrected chi connectivity index (χ2v) is 5.50. The molecule has 16 heavy (non-hydrogen) atoms. The molecule has 2 rings (SSSR count). The van der Waals surface area contributed by atoms with E-state index >= 15 is 0 Å². The van der Waals surface area contributed by atoms with Gasteiger partial charge >= 0.3 is 0 Å². The molecule has 3 heteroatoms. The molecule has 0 bridgehead atoms. The van der Waals surface area contributed by atoms with Crippen LogP contribution in [-0.2, 0) is 0 Å². The smallest absolute Gasteiger partial charge is 0.248 e. The van der Waals surface area contributed by atoms with Gasteiger partial charge < -0.3 is 0 Å². The molecule has 0 spiro atoms. The molecule has 0 fully saturated rings. The van der Waals surface area contributed by atoms with Crippen LogP contribution in [-0.4, -0.2) is 11.4 Å². The second kappa shape index (κ2) is 4.10. The zero-order valence-electron chi connectivity index (χ0n) is 9.97. The standard InChI is InChI=1S/C13H17ClN2/c1-9-8-12(16-13(9,2)3)15-11-6-4-10(14)5-7-11/h4-7,9H,8H2,1-3H3,(H,15,16)/p+1/t9-/m0/s1. The molecule has 2 nitrogen and oxygen atoms in total. The number of hydrogen-bond donors (Lipinski definition) is 2. The summed E-state index contributed by atoms with van der Waals surface area (Å²) in [4.78, 5) is 3.52. The molecule has 0 saturated heterocycles. The molecule has 0 saturated carbocycles. The van der Waals surface area contributed by atoms with Gasteiger partial charge in [0.25, 0.3) is 0 Å². The van der Waals surface area contributed by atoms with E-state index in [9.17, 15) is 0 Å². The minimum Gasteiger partial charge on any atom is -0.273 e. The number of anilines is 1. The molecule has 1 aromatic carbocycles. The number of hydrogen-bond acceptors (Lipinski definition) is 1. The monoisotopic (exact) mass is 237 g/mol. The van der Waals surface area contributed by atoms with Crippen LogP contribution < -0.4 is 10.3 Å². The van der Waals surface area contributed by atoms with Gasteiger partial charge in [-0.15, -0.1) is 0 Å². The lowest BCUT2D eigenvalue weighted by Crippen LogP contribution is -2.84. The minimum absolute atomic E-state index is 0.175.